The Morgan fingerprint density at radius 1 is 1.59 bits per heavy atom. The van der Waals surface area contributed by atoms with E-state index >= 15 is 0 Å². The molecule has 17 heavy (non-hydrogen) atoms. The van der Waals surface area contributed by atoms with Gasteiger partial charge in [-0.2, -0.15) is 0 Å². The number of carboxylic acid groups (broad SMARTS) is 1. The minimum atomic E-state index is -0.834. The number of fused-ring (bicyclic) bond motifs is 2. The number of hydrogen-bond acceptors (Lipinski definition) is 3. The van der Waals surface area contributed by atoms with Crippen LogP contribution in [0.5, 0.6) is 0 Å². The van der Waals surface area contributed by atoms with E-state index < -0.39 is 12.0 Å². The highest BCUT2D eigenvalue weighted by atomic mass is 32.2. The standard InChI is InChI=1S/C12H12FNO2S/c13-9-3-1-2-8-7(9)4-5-12(8)14-10(6-17-12)11(15)16/h1-3,10,14H,4-6H2,(H,15,16)/t10-,12?/m1/s1. The van der Waals surface area contributed by atoms with Crippen LogP contribution in [0.25, 0.3) is 0 Å². The molecule has 0 aromatic heterocycles. The molecular weight excluding hydrogens is 241 g/mol. The Kier molecular flexibility index (Phi) is 2.41. The van der Waals surface area contributed by atoms with E-state index in [9.17, 15) is 9.18 Å². The van der Waals surface area contributed by atoms with Crippen LogP contribution in [0.3, 0.4) is 0 Å². The van der Waals surface area contributed by atoms with Gasteiger partial charge in [0.25, 0.3) is 0 Å². The quantitative estimate of drug-likeness (QED) is 0.800. The SMILES string of the molecule is O=C(O)[C@H]1CSC2(CCc3c(F)cccc32)N1. The van der Waals surface area contributed by atoms with Crippen LogP contribution in [0.1, 0.15) is 17.5 Å². The van der Waals surface area contributed by atoms with Crippen LogP contribution in [0.4, 0.5) is 4.39 Å². The van der Waals surface area contributed by atoms with Gasteiger partial charge in [-0.05, 0) is 30.0 Å². The summed E-state index contributed by atoms with van der Waals surface area (Å²) >= 11 is 1.58. The van der Waals surface area contributed by atoms with Gasteiger partial charge in [0.05, 0.1) is 4.87 Å². The summed E-state index contributed by atoms with van der Waals surface area (Å²) in [5, 5.41) is 12.2. The zero-order valence-electron chi connectivity index (χ0n) is 9.07. The number of benzene rings is 1. The smallest absolute Gasteiger partial charge is 0.321 e. The maximum atomic E-state index is 13.6. The molecule has 2 N–H and O–H groups in total. The molecule has 1 saturated heterocycles. The predicted octanol–water partition coefficient (Wildman–Crippen LogP) is 1.71. The van der Waals surface area contributed by atoms with Crippen molar-refractivity contribution in [3.05, 3.63) is 35.1 Å². The summed E-state index contributed by atoms with van der Waals surface area (Å²) in [5.74, 6) is -0.481. The lowest BCUT2D eigenvalue weighted by Gasteiger charge is -2.24. The van der Waals surface area contributed by atoms with Gasteiger partial charge in [-0.25, -0.2) is 4.39 Å². The third-order valence-corrected chi connectivity index (χ3v) is 5.02. The van der Waals surface area contributed by atoms with Crippen molar-refractivity contribution in [1.82, 2.24) is 5.32 Å². The lowest BCUT2D eigenvalue weighted by Crippen LogP contribution is -2.42. The van der Waals surface area contributed by atoms with Gasteiger partial charge >= 0.3 is 5.97 Å². The Labute approximate surface area is 102 Å². The third kappa shape index (κ3) is 1.57. The number of rotatable bonds is 1. The monoisotopic (exact) mass is 253 g/mol. The number of hydrogen-bond donors (Lipinski definition) is 2. The van der Waals surface area contributed by atoms with Crippen LogP contribution < -0.4 is 5.32 Å². The van der Waals surface area contributed by atoms with E-state index in [1.165, 1.54) is 6.07 Å². The first-order chi connectivity index (χ1) is 8.12. The molecule has 90 valence electrons. The average Bonchev–Trinajstić information content (AvgIpc) is 2.87. The van der Waals surface area contributed by atoms with Gasteiger partial charge in [0, 0.05) is 5.75 Å². The number of aliphatic carboxylic acids is 1. The highest BCUT2D eigenvalue weighted by Crippen LogP contribution is 2.49. The molecule has 3 rings (SSSR count). The highest BCUT2D eigenvalue weighted by molar-refractivity contribution is 8.00. The third-order valence-electron chi connectivity index (χ3n) is 3.48. The fraction of sp³-hybridized carbons (Fsp3) is 0.417. The second kappa shape index (κ2) is 3.71. The van der Waals surface area contributed by atoms with E-state index in [0.29, 0.717) is 12.2 Å². The second-order valence-corrected chi connectivity index (χ2v) is 5.76. The summed E-state index contributed by atoms with van der Waals surface area (Å²) in [7, 11) is 0. The summed E-state index contributed by atoms with van der Waals surface area (Å²) in [6, 6.07) is 4.52. The Bertz CT molecular complexity index is 493. The Morgan fingerprint density at radius 3 is 3.12 bits per heavy atom. The minimum absolute atomic E-state index is 0.180. The van der Waals surface area contributed by atoms with E-state index in [1.807, 2.05) is 6.07 Å². The van der Waals surface area contributed by atoms with Gasteiger partial charge in [-0.15, -0.1) is 11.8 Å². The average molecular weight is 253 g/mol. The normalized spacial score (nSPS) is 30.8. The van der Waals surface area contributed by atoms with Crippen molar-refractivity contribution in [3.63, 3.8) is 0 Å². The molecule has 1 heterocycles. The molecule has 1 aromatic carbocycles. The molecule has 1 fully saturated rings. The molecule has 2 aliphatic rings. The van der Waals surface area contributed by atoms with E-state index in [-0.39, 0.29) is 10.7 Å². The van der Waals surface area contributed by atoms with Crippen LogP contribution in [0.2, 0.25) is 0 Å². The molecule has 0 radical (unpaired) electrons. The molecule has 0 saturated carbocycles. The van der Waals surface area contributed by atoms with Crippen molar-refractivity contribution in [1.29, 1.82) is 0 Å². The molecule has 1 spiro atoms. The van der Waals surface area contributed by atoms with Crippen LogP contribution in [0, 0.1) is 5.82 Å². The summed E-state index contributed by atoms with van der Waals surface area (Å²) in [4.78, 5) is 10.6. The fourth-order valence-corrected chi connectivity index (χ4v) is 4.15. The van der Waals surface area contributed by atoms with Gasteiger partial charge in [-0.3, -0.25) is 10.1 Å². The van der Waals surface area contributed by atoms with Crippen molar-refractivity contribution in [2.75, 3.05) is 5.75 Å². The van der Waals surface area contributed by atoms with Crippen molar-refractivity contribution in [2.45, 2.75) is 23.8 Å². The lowest BCUT2D eigenvalue weighted by molar-refractivity contribution is -0.138. The van der Waals surface area contributed by atoms with Crippen LogP contribution >= 0.6 is 11.8 Å². The number of halogens is 1. The number of carbonyl (C=O) groups is 1. The van der Waals surface area contributed by atoms with E-state index in [2.05, 4.69) is 5.32 Å². The molecule has 1 aliphatic heterocycles. The summed E-state index contributed by atoms with van der Waals surface area (Å²) in [6.45, 7) is 0. The van der Waals surface area contributed by atoms with Crippen LogP contribution in [-0.4, -0.2) is 22.9 Å². The largest absolute Gasteiger partial charge is 0.480 e. The predicted molar refractivity (Wildman–Crippen MR) is 63.4 cm³/mol. The van der Waals surface area contributed by atoms with Crippen molar-refractivity contribution in [2.24, 2.45) is 0 Å². The molecule has 1 unspecified atom stereocenters. The molecule has 0 amide bonds. The number of nitrogens with one attached hydrogen (secondary N) is 1. The molecule has 2 atom stereocenters. The summed E-state index contributed by atoms with van der Waals surface area (Å²) in [5.41, 5.74) is 1.66. The highest BCUT2D eigenvalue weighted by Gasteiger charge is 2.47. The first-order valence-electron chi connectivity index (χ1n) is 5.55. The zero-order valence-corrected chi connectivity index (χ0v) is 9.89. The van der Waals surface area contributed by atoms with E-state index in [0.717, 1.165) is 17.5 Å². The van der Waals surface area contributed by atoms with Crippen molar-refractivity contribution < 1.29 is 14.3 Å². The lowest BCUT2D eigenvalue weighted by atomic mass is 10.1. The van der Waals surface area contributed by atoms with Crippen molar-refractivity contribution in [3.8, 4) is 0 Å². The molecule has 1 aliphatic carbocycles. The fourth-order valence-electron chi connectivity index (χ4n) is 2.65. The molecule has 3 nitrogen and oxygen atoms in total. The summed E-state index contributed by atoms with van der Waals surface area (Å²) in [6.07, 6.45) is 1.44. The number of carboxylic acids is 1. The Balaban J connectivity index is 1.99. The maximum absolute atomic E-state index is 13.6. The molecular formula is C12H12FNO2S. The van der Waals surface area contributed by atoms with Gasteiger partial charge in [-0.1, -0.05) is 12.1 Å². The topological polar surface area (TPSA) is 49.3 Å². The Hall–Kier alpha value is -1.07. The number of thioether (sulfide) groups is 1. The molecule has 5 heteroatoms. The minimum Gasteiger partial charge on any atom is -0.480 e. The second-order valence-electron chi connectivity index (χ2n) is 4.44. The van der Waals surface area contributed by atoms with E-state index in [4.69, 9.17) is 5.11 Å². The summed E-state index contributed by atoms with van der Waals surface area (Å²) < 4.78 is 13.6. The Morgan fingerprint density at radius 2 is 2.41 bits per heavy atom. The van der Waals surface area contributed by atoms with Gasteiger partial charge in [0.15, 0.2) is 0 Å². The first-order valence-corrected chi connectivity index (χ1v) is 6.53. The maximum Gasteiger partial charge on any atom is 0.321 e. The first kappa shape index (κ1) is 11.0. The van der Waals surface area contributed by atoms with Gasteiger partial charge in [0.1, 0.15) is 11.9 Å². The molecule has 0 bridgehead atoms. The van der Waals surface area contributed by atoms with Crippen LogP contribution in [-0.2, 0) is 16.1 Å². The van der Waals surface area contributed by atoms with Crippen LogP contribution in [0.15, 0.2) is 18.2 Å². The van der Waals surface area contributed by atoms with Gasteiger partial charge < -0.3 is 5.11 Å². The zero-order chi connectivity index (χ0) is 12.0. The molecule has 1 aromatic rings. The van der Waals surface area contributed by atoms with E-state index in [1.54, 1.807) is 17.8 Å². The van der Waals surface area contributed by atoms with Crippen molar-refractivity contribution >= 4 is 17.7 Å². The van der Waals surface area contributed by atoms with Gasteiger partial charge in [0.2, 0.25) is 0 Å².